The zero-order valence-electron chi connectivity index (χ0n) is 11.6. The molecule has 1 fully saturated rings. The fourth-order valence-corrected chi connectivity index (χ4v) is 2.77. The molecule has 4 nitrogen and oxygen atoms in total. The van der Waals surface area contributed by atoms with E-state index in [1.165, 1.54) is 12.8 Å². The summed E-state index contributed by atoms with van der Waals surface area (Å²) in [5.74, 6) is 1.56. The van der Waals surface area contributed by atoms with E-state index in [2.05, 4.69) is 34.7 Å². The molecule has 1 saturated carbocycles. The number of rotatable bonds is 4. The van der Waals surface area contributed by atoms with Gasteiger partial charge in [-0.1, -0.05) is 5.16 Å². The highest BCUT2D eigenvalue weighted by Gasteiger charge is 2.17. The van der Waals surface area contributed by atoms with E-state index in [-0.39, 0.29) is 0 Å². The molecular formula is C16H21N3O. The SMILES string of the molecule is NC1CCC(CNc2ccc(-c3ccno3)cc2)CC1. The molecule has 1 aromatic heterocycles. The van der Waals surface area contributed by atoms with Gasteiger partial charge in [0.1, 0.15) is 0 Å². The third-order valence-corrected chi connectivity index (χ3v) is 4.09. The molecule has 3 N–H and O–H groups in total. The maximum absolute atomic E-state index is 5.93. The van der Waals surface area contributed by atoms with Crippen LogP contribution in [0.25, 0.3) is 11.3 Å². The zero-order chi connectivity index (χ0) is 13.8. The second-order valence-corrected chi connectivity index (χ2v) is 5.62. The standard InChI is InChI=1S/C16H21N3O/c17-14-5-1-12(2-6-14)11-18-15-7-3-13(4-8-15)16-9-10-19-20-16/h3-4,7-10,12,14,18H,1-2,5-6,11,17H2. The predicted molar refractivity (Wildman–Crippen MR) is 80.4 cm³/mol. The highest BCUT2D eigenvalue weighted by Crippen LogP contribution is 2.24. The monoisotopic (exact) mass is 271 g/mol. The molecule has 20 heavy (non-hydrogen) atoms. The predicted octanol–water partition coefficient (Wildman–Crippen LogP) is 3.27. The summed E-state index contributed by atoms with van der Waals surface area (Å²) in [4.78, 5) is 0. The van der Waals surface area contributed by atoms with Crippen LogP contribution in [0.1, 0.15) is 25.7 Å². The van der Waals surface area contributed by atoms with E-state index in [1.54, 1.807) is 6.20 Å². The Morgan fingerprint density at radius 1 is 1.10 bits per heavy atom. The summed E-state index contributed by atoms with van der Waals surface area (Å²) in [6, 6.07) is 10.6. The van der Waals surface area contributed by atoms with E-state index in [9.17, 15) is 0 Å². The third-order valence-electron chi connectivity index (χ3n) is 4.09. The van der Waals surface area contributed by atoms with Crippen molar-refractivity contribution in [3.8, 4) is 11.3 Å². The average molecular weight is 271 g/mol. The second kappa shape index (κ2) is 6.09. The van der Waals surface area contributed by atoms with Crippen LogP contribution in [0.5, 0.6) is 0 Å². The first-order chi connectivity index (χ1) is 9.81. The largest absolute Gasteiger partial charge is 0.385 e. The molecule has 4 heteroatoms. The van der Waals surface area contributed by atoms with Crippen LogP contribution in [0, 0.1) is 5.92 Å². The molecule has 1 heterocycles. The number of nitrogens with two attached hydrogens (primary N) is 1. The summed E-state index contributed by atoms with van der Waals surface area (Å²) in [6.07, 6.45) is 6.47. The van der Waals surface area contributed by atoms with Crippen molar-refractivity contribution in [2.24, 2.45) is 11.7 Å². The molecule has 3 rings (SSSR count). The van der Waals surface area contributed by atoms with Crippen LogP contribution in [0.3, 0.4) is 0 Å². The van der Waals surface area contributed by atoms with Crippen LogP contribution < -0.4 is 11.1 Å². The molecule has 106 valence electrons. The van der Waals surface area contributed by atoms with Gasteiger partial charge in [0.05, 0.1) is 6.20 Å². The van der Waals surface area contributed by atoms with Gasteiger partial charge in [-0.15, -0.1) is 0 Å². The van der Waals surface area contributed by atoms with Gasteiger partial charge in [-0.3, -0.25) is 0 Å². The third kappa shape index (κ3) is 3.20. The molecule has 0 spiro atoms. The van der Waals surface area contributed by atoms with E-state index < -0.39 is 0 Å². The van der Waals surface area contributed by atoms with E-state index in [1.807, 2.05) is 6.07 Å². The Kier molecular flexibility index (Phi) is 4.02. The van der Waals surface area contributed by atoms with E-state index in [0.29, 0.717) is 6.04 Å². The Bertz CT molecular complexity index is 513. The zero-order valence-corrected chi connectivity index (χ0v) is 11.6. The van der Waals surface area contributed by atoms with Gasteiger partial charge in [0.2, 0.25) is 0 Å². The summed E-state index contributed by atoms with van der Waals surface area (Å²) in [5, 5.41) is 7.24. The summed E-state index contributed by atoms with van der Waals surface area (Å²) in [7, 11) is 0. The van der Waals surface area contributed by atoms with Crippen molar-refractivity contribution in [3.05, 3.63) is 36.5 Å². The molecule has 0 saturated heterocycles. The van der Waals surface area contributed by atoms with Crippen molar-refractivity contribution in [2.45, 2.75) is 31.7 Å². The maximum Gasteiger partial charge on any atom is 0.166 e. The topological polar surface area (TPSA) is 64.1 Å². The Hall–Kier alpha value is -1.81. The van der Waals surface area contributed by atoms with Crippen molar-refractivity contribution in [1.29, 1.82) is 0 Å². The Balaban J connectivity index is 1.53. The van der Waals surface area contributed by atoms with Crippen LogP contribution in [0.4, 0.5) is 5.69 Å². The number of aromatic nitrogens is 1. The number of nitrogens with one attached hydrogen (secondary N) is 1. The first-order valence-electron chi connectivity index (χ1n) is 7.32. The molecule has 2 aromatic rings. The number of benzene rings is 1. The Morgan fingerprint density at radius 3 is 2.50 bits per heavy atom. The maximum atomic E-state index is 5.93. The quantitative estimate of drug-likeness (QED) is 0.895. The van der Waals surface area contributed by atoms with Crippen LogP contribution >= 0.6 is 0 Å². The number of hydrogen-bond acceptors (Lipinski definition) is 4. The van der Waals surface area contributed by atoms with Crippen molar-refractivity contribution in [1.82, 2.24) is 5.16 Å². The van der Waals surface area contributed by atoms with Gasteiger partial charge in [0, 0.05) is 29.9 Å². The van der Waals surface area contributed by atoms with E-state index >= 15 is 0 Å². The van der Waals surface area contributed by atoms with Crippen molar-refractivity contribution >= 4 is 5.69 Å². The highest BCUT2D eigenvalue weighted by atomic mass is 16.5. The summed E-state index contributed by atoms with van der Waals surface area (Å²) < 4.78 is 5.14. The molecule has 0 amide bonds. The molecule has 0 atom stereocenters. The van der Waals surface area contributed by atoms with Gasteiger partial charge in [-0.05, 0) is 55.9 Å². The van der Waals surface area contributed by atoms with Gasteiger partial charge in [0.15, 0.2) is 5.76 Å². The van der Waals surface area contributed by atoms with Crippen molar-refractivity contribution in [2.75, 3.05) is 11.9 Å². The lowest BCUT2D eigenvalue weighted by Crippen LogP contribution is -2.29. The summed E-state index contributed by atoms with van der Waals surface area (Å²) in [5.41, 5.74) is 8.14. The van der Waals surface area contributed by atoms with Crippen LogP contribution in [0.15, 0.2) is 41.1 Å². The van der Waals surface area contributed by atoms with Gasteiger partial charge >= 0.3 is 0 Å². The van der Waals surface area contributed by atoms with Gasteiger partial charge < -0.3 is 15.6 Å². The van der Waals surface area contributed by atoms with Crippen LogP contribution in [0.2, 0.25) is 0 Å². The number of anilines is 1. The van der Waals surface area contributed by atoms with Crippen LogP contribution in [-0.4, -0.2) is 17.7 Å². The lowest BCUT2D eigenvalue weighted by Gasteiger charge is -2.26. The van der Waals surface area contributed by atoms with Crippen molar-refractivity contribution in [3.63, 3.8) is 0 Å². The van der Waals surface area contributed by atoms with Gasteiger partial charge in [-0.2, -0.15) is 0 Å². The molecular weight excluding hydrogens is 250 g/mol. The normalized spacial score (nSPS) is 22.6. The summed E-state index contributed by atoms with van der Waals surface area (Å²) in [6.45, 7) is 1.04. The molecule has 0 unspecified atom stereocenters. The van der Waals surface area contributed by atoms with Crippen molar-refractivity contribution < 1.29 is 4.52 Å². The minimum absolute atomic E-state index is 0.424. The lowest BCUT2D eigenvalue weighted by atomic mass is 9.86. The number of hydrogen-bond donors (Lipinski definition) is 2. The lowest BCUT2D eigenvalue weighted by molar-refractivity contribution is 0.339. The van der Waals surface area contributed by atoms with Gasteiger partial charge in [-0.25, -0.2) is 0 Å². The fourth-order valence-electron chi connectivity index (χ4n) is 2.77. The molecule has 0 aliphatic heterocycles. The minimum Gasteiger partial charge on any atom is -0.385 e. The van der Waals surface area contributed by atoms with E-state index in [0.717, 1.165) is 42.3 Å². The number of nitrogens with zero attached hydrogens (tertiary/aromatic N) is 1. The average Bonchev–Trinajstić information content (AvgIpc) is 3.01. The molecule has 0 bridgehead atoms. The molecule has 1 aliphatic rings. The smallest absolute Gasteiger partial charge is 0.166 e. The molecule has 0 radical (unpaired) electrons. The minimum atomic E-state index is 0.424. The first kappa shape index (κ1) is 13.2. The Morgan fingerprint density at radius 2 is 1.85 bits per heavy atom. The molecule has 1 aliphatic carbocycles. The van der Waals surface area contributed by atoms with E-state index in [4.69, 9.17) is 10.3 Å². The van der Waals surface area contributed by atoms with Gasteiger partial charge in [0.25, 0.3) is 0 Å². The Labute approximate surface area is 119 Å². The second-order valence-electron chi connectivity index (χ2n) is 5.62. The summed E-state index contributed by atoms with van der Waals surface area (Å²) >= 11 is 0. The fraction of sp³-hybridized carbons (Fsp3) is 0.438. The first-order valence-corrected chi connectivity index (χ1v) is 7.32. The van der Waals surface area contributed by atoms with Crippen LogP contribution in [-0.2, 0) is 0 Å². The highest BCUT2D eigenvalue weighted by molar-refractivity contribution is 5.60. The molecule has 1 aromatic carbocycles.